The number of hydrogen-bond donors (Lipinski definition) is 1. The molecule has 0 saturated heterocycles. The third kappa shape index (κ3) is 6.17. The summed E-state index contributed by atoms with van der Waals surface area (Å²) in [5, 5.41) is 8.60. The third-order valence-corrected chi connectivity index (χ3v) is 2.59. The first-order valence-corrected chi connectivity index (χ1v) is 5.54. The van der Waals surface area contributed by atoms with Crippen molar-refractivity contribution in [3.63, 3.8) is 0 Å². The third-order valence-electron chi connectivity index (χ3n) is 2.59. The Labute approximate surface area is 88.0 Å². The summed E-state index contributed by atoms with van der Waals surface area (Å²) in [6, 6.07) is 0. The molecule has 0 aliphatic rings. The molecule has 2 atom stereocenters. The molecule has 2 unspecified atom stereocenters. The summed E-state index contributed by atoms with van der Waals surface area (Å²) in [6.07, 6.45) is 8.71. The van der Waals surface area contributed by atoms with E-state index in [9.17, 15) is 0 Å². The summed E-state index contributed by atoms with van der Waals surface area (Å²) in [6.45, 7) is 4.57. The number of hydrogen-bond acceptors (Lipinski definition) is 2. The minimum Gasteiger partial charge on any atom is -0.392 e. The van der Waals surface area contributed by atoms with Gasteiger partial charge in [0, 0.05) is 7.11 Å². The molecule has 0 saturated carbocycles. The molecular formula is C12H24O2. The first-order valence-electron chi connectivity index (χ1n) is 5.54. The van der Waals surface area contributed by atoms with E-state index >= 15 is 0 Å². The number of aliphatic hydroxyl groups is 1. The Morgan fingerprint density at radius 3 is 2.57 bits per heavy atom. The SMILES string of the molecule is CCCCC(C)C(C/C=C/CO)OC. The number of ether oxygens (including phenoxy) is 1. The van der Waals surface area contributed by atoms with Crippen molar-refractivity contribution in [2.24, 2.45) is 5.92 Å². The Morgan fingerprint density at radius 1 is 1.36 bits per heavy atom. The molecule has 0 radical (unpaired) electrons. The zero-order valence-corrected chi connectivity index (χ0v) is 9.70. The minimum absolute atomic E-state index is 0.125. The molecular weight excluding hydrogens is 176 g/mol. The average molecular weight is 200 g/mol. The van der Waals surface area contributed by atoms with Gasteiger partial charge < -0.3 is 9.84 Å². The van der Waals surface area contributed by atoms with E-state index in [4.69, 9.17) is 9.84 Å². The van der Waals surface area contributed by atoms with Crippen LogP contribution < -0.4 is 0 Å². The molecule has 0 rings (SSSR count). The van der Waals surface area contributed by atoms with Crippen molar-refractivity contribution in [3.05, 3.63) is 12.2 Å². The van der Waals surface area contributed by atoms with Crippen LogP contribution in [0.5, 0.6) is 0 Å². The molecule has 0 bridgehead atoms. The van der Waals surface area contributed by atoms with Crippen molar-refractivity contribution in [3.8, 4) is 0 Å². The van der Waals surface area contributed by atoms with Gasteiger partial charge in [-0.3, -0.25) is 0 Å². The quantitative estimate of drug-likeness (QED) is 0.610. The van der Waals surface area contributed by atoms with Gasteiger partial charge in [0.05, 0.1) is 12.7 Å². The Hall–Kier alpha value is -0.340. The van der Waals surface area contributed by atoms with Gasteiger partial charge in [0.1, 0.15) is 0 Å². The van der Waals surface area contributed by atoms with Crippen molar-refractivity contribution in [2.75, 3.05) is 13.7 Å². The van der Waals surface area contributed by atoms with Crippen molar-refractivity contribution in [2.45, 2.75) is 45.6 Å². The van der Waals surface area contributed by atoms with Gasteiger partial charge in [-0.15, -0.1) is 0 Å². The number of methoxy groups -OCH3 is 1. The highest BCUT2D eigenvalue weighted by atomic mass is 16.5. The van der Waals surface area contributed by atoms with Crippen LogP contribution in [0.3, 0.4) is 0 Å². The molecule has 14 heavy (non-hydrogen) atoms. The zero-order valence-electron chi connectivity index (χ0n) is 9.70. The molecule has 0 fully saturated rings. The van der Waals surface area contributed by atoms with Crippen LogP contribution in [-0.2, 0) is 4.74 Å². The molecule has 0 aromatic heterocycles. The first kappa shape index (κ1) is 13.7. The summed E-state index contributed by atoms with van der Waals surface area (Å²) < 4.78 is 5.42. The van der Waals surface area contributed by atoms with Crippen LogP contribution in [0.4, 0.5) is 0 Å². The minimum atomic E-state index is 0.125. The maximum absolute atomic E-state index is 8.60. The fourth-order valence-electron chi connectivity index (χ4n) is 1.58. The summed E-state index contributed by atoms with van der Waals surface area (Å²) in [5.74, 6) is 0.600. The lowest BCUT2D eigenvalue weighted by molar-refractivity contribution is 0.0569. The van der Waals surface area contributed by atoms with Crippen LogP contribution in [0.15, 0.2) is 12.2 Å². The second kappa shape index (κ2) is 9.22. The Balaban J connectivity index is 3.79. The van der Waals surface area contributed by atoms with Crippen molar-refractivity contribution >= 4 is 0 Å². The molecule has 0 spiro atoms. The van der Waals surface area contributed by atoms with Crippen LogP contribution in [-0.4, -0.2) is 24.9 Å². The van der Waals surface area contributed by atoms with Crippen LogP contribution >= 0.6 is 0 Å². The van der Waals surface area contributed by atoms with E-state index < -0.39 is 0 Å². The lowest BCUT2D eigenvalue weighted by atomic mass is 9.95. The summed E-state index contributed by atoms with van der Waals surface area (Å²) >= 11 is 0. The van der Waals surface area contributed by atoms with Gasteiger partial charge in [-0.25, -0.2) is 0 Å². The summed E-state index contributed by atoms with van der Waals surface area (Å²) in [7, 11) is 1.76. The maximum Gasteiger partial charge on any atom is 0.0631 e. The molecule has 2 heteroatoms. The largest absolute Gasteiger partial charge is 0.392 e. The number of unbranched alkanes of at least 4 members (excludes halogenated alkanes) is 1. The van der Waals surface area contributed by atoms with E-state index in [0.717, 1.165) is 6.42 Å². The predicted molar refractivity (Wildman–Crippen MR) is 60.3 cm³/mol. The molecule has 0 aliphatic carbocycles. The fraction of sp³-hybridized carbons (Fsp3) is 0.833. The van der Waals surface area contributed by atoms with E-state index in [0.29, 0.717) is 12.0 Å². The molecule has 0 heterocycles. The summed E-state index contributed by atoms with van der Waals surface area (Å²) in [4.78, 5) is 0. The van der Waals surface area contributed by atoms with Gasteiger partial charge in [0.15, 0.2) is 0 Å². The highest BCUT2D eigenvalue weighted by molar-refractivity contribution is 4.85. The van der Waals surface area contributed by atoms with Gasteiger partial charge in [0.2, 0.25) is 0 Å². The molecule has 0 aromatic carbocycles. The van der Waals surface area contributed by atoms with Gasteiger partial charge in [-0.2, -0.15) is 0 Å². The second-order valence-corrected chi connectivity index (χ2v) is 3.78. The standard InChI is InChI=1S/C12H24O2/c1-4-5-8-11(2)12(14-3)9-6-7-10-13/h6-7,11-13H,4-5,8-10H2,1-3H3/b7-6+. The zero-order chi connectivity index (χ0) is 10.8. The molecule has 0 aromatic rings. The van der Waals surface area contributed by atoms with Crippen LogP contribution in [0.2, 0.25) is 0 Å². The van der Waals surface area contributed by atoms with Crippen molar-refractivity contribution in [1.82, 2.24) is 0 Å². The highest BCUT2D eigenvalue weighted by Gasteiger charge is 2.14. The Morgan fingerprint density at radius 2 is 2.07 bits per heavy atom. The Kier molecular flexibility index (Phi) is 9.00. The predicted octanol–water partition coefficient (Wildman–Crippen LogP) is 2.77. The molecule has 0 aliphatic heterocycles. The van der Waals surface area contributed by atoms with E-state index in [-0.39, 0.29) is 6.61 Å². The monoisotopic (exact) mass is 200 g/mol. The fourth-order valence-corrected chi connectivity index (χ4v) is 1.58. The van der Waals surface area contributed by atoms with Gasteiger partial charge in [-0.1, -0.05) is 38.8 Å². The Bertz CT molecular complexity index is 143. The maximum atomic E-state index is 8.60. The van der Waals surface area contributed by atoms with Gasteiger partial charge >= 0.3 is 0 Å². The normalized spacial score (nSPS) is 16.0. The van der Waals surface area contributed by atoms with E-state index in [2.05, 4.69) is 13.8 Å². The van der Waals surface area contributed by atoms with Crippen LogP contribution in [0.25, 0.3) is 0 Å². The topological polar surface area (TPSA) is 29.5 Å². The van der Waals surface area contributed by atoms with E-state index in [1.807, 2.05) is 6.08 Å². The smallest absolute Gasteiger partial charge is 0.0631 e. The number of aliphatic hydroxyl groups excluding tert-OH is 1. The molecule has 84 valence electrons. The van der Waals surface area contributed by atoms with Gasteiger partial charge in [-0.05, 0) is 18.8 Å². The van der Waals surface area contributed by atoms with Crippen molar-refractivity contribution in [1.29, 1.82) is 0 Å². The lowest BCUT2D eigenvalue weighted by Crippen LogP contribution is -2.19. The lowest BCUT2D eigenvalue weighted by Gasteiger charge is -2.21. The molecule has 2 nitrogen and oxygen atoms in total. The molecule has 1 N–H and O–H groups in total. The first-order chi connectivity index (χ1) is 6.76. The average Bonchev–Trinajstić information content (AvgIpc) is 2.21. The van der Waals surface area contributed by atoms with Crippen LogP contribution in [0, 0.1) is 5.92 Å². The van der Waals surface area contributed by atoms with Crippen LogP contribution in [0.1, 0.15) is 39.5 Å². The summed E-state index contributed by atoms with van der Waals surface area (Å²) in [5.41, 5.74) is 0. The van der Waals surface area contributed by atoms with Crippen molar-refractivity contribution < 1.29 is 9.84 Å². The highest BCUT2D eigenvalue weighted by Crippen LogP contribution is 2.17. The van der Waals surface area contributed by atoms with E-state index in [1.54, 1.807) is 13.2 Å². The van der Waals surface area contributed by atoms with Gasteiger partial charge in [0.25, 0.3) is 0 Å². The second-order valence-electron chi connectivity index (χ2n) is 3.78. The number of rotatable bonds is 8. The van der Waals surface area contributed by atoms with E-state index in [1.165, 1.54) is 19.3 Å². The molecule has 0 amide bonds.